The molecule has 2 aromatic carbocycles. The van der Waals surface area contributed by atoms with Crippen LogP contribution >= 0.6 is 0 Å². The molecule has 2 unspecified atom stereocenters. The van der Waals surface area contributed by atoms with Gasteiger partial charge in [-0.1, -0.05) is 12.1 Å². The first kappa shape index (κ1) is 21.7. The Kier molecular flexibility index (Phi) is 5.08. The second-order valence-corrected chi connectivity index (χ2v) is 11.0. The molecule has 0 bridgehead atoms. The van der Waals surface area contributed by atoms with Crippen LogP contribution in [-0.4, -0.2) is 43.4 Å². The second-order valence-electron chi connectivity index (χ2n) is 8.78. The van der Waals surface area contributed by atoms with Gasteiger partial charge in [-0.05, 0) is 68.1 Å². The summed E-state index contributed by atoms with van der Waals surface area (Å²) in [5.74, 6) is 0.0560. The van der Waals surface area contributed by atoms with Crippen molar-refractivity contribution in [2.24, 2.45) is 0 Å². The smallest absolute Gasteiger partial charge is 0.291 e. The van der Waals surface area contributed by atoms with Crippen LogP contribution in [-0.2, 0) is 9.84 Å². The van der Waals surface area contributed by atoms with E-state index in [1.807, 2.05) is 39.0 Å². The normalized spacial score (nSPS) is 21.5. The Bertz CT molecular complexity index is 1460. The summed E-state index contributed by atoms with van der Waals surface area (Å²) in [6, 6.07) is 9.54. The van der Waals surface area contributed by atoms with E-state index in [2.05, 4.69) is 0 Å². The minimum Gasteiger partial charge on any atom is -0.494 e. The summed E-state index contributed by atoms with van der Waals surface area (Å²) in [5, 5.41) is 0.413. The third kappa shape index (κ3) is 3.53. The molecule has 0 N–H and O–H groups in total. The van der Waals surface area contributed by atoms with E-state index in [4.69, 9.17) is 9.15 Å². The number of ether oxygens (including phenoxy) is 1. The summed E-state index contributed by atoms with van der Waals surface area (Å²) in [5.41, 5.74) is 2.95. The quantitative estimate of drug-likeness (QED) is 0.583. The van der Waals surface area contributed by atoms with Crippen molar-refractivity contribution >= 4 is 26.7 Å². The number of benzene rings is 2. The Morgan fingerprint density at radius 1 is 1.12 bits per heavy atom. The summed E-state index contributed by atoms with van der Waals surface area (Å²) in [6.07, 6.45) is 0.329. The molecule has 1 saturated heterocycles. The number of hydrogen-bond donors (Lipinski definition) is 0. The molecule has 2 aliphatic heterocycles. The van der Waals surface area contributed by atoms with Crippen LogP contribution in [0.1, 0.15) is 52.2 Å². The van der Waals surface area contributed by atoms with Crippen LogP contribution in [0.25, 0.3) is 11.0 Å². The molecule has 2 atom stereocenters. The fourth-order valence-corrected chi connectivity index (χ4v) is 6.60. The molecule has 0 aliphatic carbocycles. The number of carbonyl (C=O) groups is 1. The van der Waals surface area contributed by atoms with E-state index in [-0.39, 0.29) is 28.3 Å². The highest BCUT2D eigenvalue weighted by Crippen LogP contribution is 2.42. The predicted octanol–water partition coefficient (Wildman–Crippen LogP) is 3.54. The van der Waals surface area contributed by atoms with Gasteiger partial charge in [0.1, 0.15) is 11.3 Å². The molecule has 0 spiro atoms. The summed E-state index contributed by atoms with van der Waals surface area (Å²) in [4.78, 5) is 28.9. The SMILES string of the molecule is CCOc1cccc(C2c3c(oc4cc(C)c(C)cc4c3=O)C(=O)N2C2CCS(=O)(=O)C2)c1. The Morgan fingerprint density at radius 3 is 2.58 bits per heavy atom. The summed E-state index contributed by atoms with van der Waals surface area (Å²) >= 11 is 0. The van der Waals surface area contributed by atoms with E-state index < -0.39 is 27.8 Å². The maximum absolute atomic E-state index is 13.7. The highest BCUT2D eigenvalue weighted by molar-refractivity contribution is 7.91. The molecule has 5 rings (SSSR count). The minimum atomic E-state index is -3.25. The largest absolute Gasteiger partial charge is 0.494 e. The number of rotatable bonds is 4. The van der Waals surface area contributed by atoms with E-state index in [9.17, 15) is 18.0 Å². The van der Waals surface area contributed by atoms with Gasteiger partial charge in [-0.3, -0.25) is 9.59 Å². The van der Waals surface area contributed by atoms with E-state index in [1.165, 1.54) is 4.90 Å². The lowest BCUT2D eigenvalue weighted by atomic mass is 9.96. The van der Waals surface area contributed by atoms with Gasteiger partial charge in [0.25, 0.3) is 5.91 Å². The molecule has 3 heterocycles. The van der Waals surface area contributed by atoms with E-state index >= 15 is 0 Å². The number of sulfone groups is 1. The van der Waals surface area contributed by atoms with Crippen molar-refractivity contribution in [3.05, 3.63) is 74.6 Å². The fourth-order valence-electron chi connectivity index (χ4n) is 4.89. The minimum absolute atomic E-state index is 0.00753. The van der Waals surface area contributed by atoms with Crippen molar-refractivity contribution in [1.29, 1.82) is 0 Å². The van der Waals surface area contributed by atoms with Crippen LogP contribution in [0, 0.1) is 13.8 Å². The highest BCUT2D eigenvalue weighted by Gasteiger charge is 2.48. The van der Waals surface area contributed by atoms with Gasteiger partial charge < -0.3 is 14.1 Å². The van der Waals surface area contributed by atoms with Gasteiger partial charge >= 0.3 is 0 Å². The first-order chi connectivity index (χ1) is 15.7. The average molecular weight is 468 g/mol. The zero-order chi connectivity index (χ0) is 23.5. The first-order valence-corrected chi connectivity index (χ1v) is 12.9. The molecule has 172 valence electrons. The number of hydrogen-bond acceptors (Lipinski definition) is 6. The topological polar surface area (TPSA) is 93.9 Å². The van der Waals surface area contributed by atoms with Crippen LogP contribution in [0.15, 0.2) is 45.6 Å². The molecule has 2 aliphatic rings. The molecule has 1 aromatic heterocycles. The molecule has 1 fully saturated rings. The van der Waals surface area contributed by atoms with Crippen molar-refractivity contribution < 1.29 is 22.4 Å². The fraction of sp³-hybridized carbons (Fsp3) is 0.360. The lowest BCUT2D eigenvalue weighted by Crippen LogP contribution is -2.40. The van der Waals surface area contributed by atoms with Crippen LogP contribution in [0.4, 0.5) is 0 Å². The van der Waals surface area contributed by atoms with Crippen molar-refractivity contribution in [3.8, 4) is 5.75 Å². The number of amides is 1. The van der Waals surface area contributed by atoms with Crippen LogP contribution in [0.3, 0.4) is 0 Å². The number of aryl methyl sites for hydroxylation is 2. The zero-order valence-electron chi connectivity index (χ0n) is 18.8. The average Bonchev–Trinajstić information content (AvgIpc) is 3.27. The first-order valence-electron chi connectivity index (χ1n) is 11.0. The van der Waals surface area contributed by atoms with Crippen molar-refractivity contribution in [2.75, 3.05) is 18.1 Å². The van der Waals surface area contributed by atoms with Gasteiger partial charge in [0, 0.05) is 6.04 Å². The summed E-state index contributed by atoms with van der Waals surface area (Å²) in [6.45, 7) is 6.19. The summed E-state index contributed by atoms with van der Waals surface area (Å²) < 4.78 is 36.2. The lowest BCUT2D eigenvalue weighted by molar-refractivity contribution is 0.0662. The molecular formula is C25H25NO6S. The van der Waals surface area contributed by atoms with Gasteiger partial charge in [0.05, 0.1) is 35.1 Å². The number of carbonyl (C=O) groups excluding carboxylic acids is 1. The standard InChI is InChI=1S/C25H25NO6S/c1-4-31-18-7-5-6-16(12-18)22-21-23(27)19-10-14(2)15(3)11-20(19)32-24(21)25(28)26(22)17-8-9-33(29,30)13-17/h5-7,10-12,17,22H,4,8-9,13H2,1-3H3. The number of nitrogens with zero attached hydrogens (tertiary/aromatic N) is 1. The molecule has 0 saturated carbocycles. The van der Waals surface area contributed by atoms with Gasteiger partial charge in [0.15, 0.2) is 15.3 Å². The molecular weight excluding hydrogens is 442 g/mol. The van der Waals surface area contributed by atoms with Crippen LogP contribution < -0.4 is 10.2 Å². The zero-order valence-corrected chi connectivity index (χ0v) is 19.6. The van der Waals surface area contributed by atoms with Crippen molar-refractivity contribution in [2.45, 2.75) is 39.3 Å². The molecule has 8 heteroatoms. The predicted molar refractivity (Wildman–Crippen MR) is 125 cm³/mol. The molecule has 1 amide bonds. The van der Waals surface area contributed by atoms with Gasteiger partial charge in [-0.15, -0.1) is 0 Å². The van der Waals surface area contributed by atoms with Gasteiger partial charge in [0.2, 0.25) is 5.76 Å². The monoisotopic (exact) mass is 467 g/mol. The van der Waals surface area contributed by atoms with Gasteiger partial charge in [-0.25, -0.2) is 8.42 Å². The second kappa shape index (κ2) is 7.73. The Hall–Kier alpha value is -3.13. The van der Waals surface area contributed by atoms with Crippen LogP contribution in [0.5, 0.6) is 5.75 Å². The molecule has 7 nitrogen and oxygen atoms in total. The number of fused-ring (bicyclic) bond motifs is 2. The van der Waals surface area contributed by atoms with E-state index in [0.29, 0.717) is 35.3 Å². The Balaban J connectivity index is 1.76. The maximum Gasteiger partial charge on any atom is 0.291 e. The Labute approximate surface area is 191 Å². The third-order valence-electron chi connectivity index (χ3n) is 6.61. The Morgan fingerprint density at radius 2 is 1.88 bits per heavy atom. The van der Waals surface area contributed by atoms with Gasteiger partial charge in [-0.2, -0.15) is 0 Å². The molecule has 33 heavy (non-hydrogen) atoms. The molecule has 0 radical (unpaired) electrons. The summed E-state index contributed by atoms with van der Waals surface area (Å²) in [7, 11) is -3.25. The van der Waals surface area contributed by atoms with E-state index in [0.717, 1.165) is 11.1 Å². The molecule has 3 aromatic rings. The van der Waals surface area contributed by atoms with Crippen molar-refractivity contribution in [3.63, 3.8) is 0 Å². The third-order valence-corrected chi connectivity index (χ3v) is 8.36. The van der Waals surface area contributed by atoms with Crippen molar-refractivity contribution in [1.82, 2.24) is 4.90 Å². The highest BCUT2D eigenvalue weighted by atomic mass is 32.2. The van der Waals surface area contributed by atoms with E-state index in [1.54, 1.807) is 18.2 Å². The van der Waals surface area contributed by atoms with Crippen LogP contribution in [0.2, 0.25) is 0 Å². The lowest BCUT2D eigenvalue weighted by Gasteiger charge is -2.30. The maximum atomic E-state index is 13.7.